The third-order valence-corrected chi connectivity index (χ3v) is 2.16. The van der Waals surface area contributed by atoms with E-state index in [4.69, 9.17) is 15.6 Å². The molecule has 0 saturated carbocycles. The normalized spacial score (nSPS) is 9.95. The lowest BCUT2D eigenvalue weighted by molar-refractivity contribution is 0.209. The minimum atomic E-state index is -1.36. The fourth-order valence-corrected chi connectivity index (χ4v) is 1.35. The van der Waals surface area contributed by atoms with E-state index in [1.807, 2.05) is 5.32 Å². The first kappa shape index (κ1) is 12.6. The third kappa shape index (κ3) is 3.32. The van der Waals surface area contributed by atoms with Crippen LogP contribution in [0.4, 0.5) is 20.6 Å². The first-order valence-corrected chi connectivity index (χ1v) is 5.23. The van der Waals surface area contributed by atoms with Gasteiger partial charge < -0.3 is 15.6 Å². The van der Waals surface area contributed by atoms with Crippen LogP contribution in [0, 0.1) is 5.82 Å². The molecule has 0 radical (unpaired) electrons. The van der Waals surface area contributed by atoms with Crippen molar-refractivity contribution in [3.63, 3.8) is 0 Å². The number of nitrogens with one attached hydrogen (secondary N) is 1. The van der Waals surface area contributed by atoms with Crippen molar-refractivity contribution in [2.24, 2.45) is 0 Å². The number of nitrogens with zero attached hydrogens (tertiary/aromatic N) is 1. The molecule has 1 aromatic heterocycles. The SMILES string of the molecule is Nc1ccc(Oc2ccc(F)c(NC(=O)O)c2)nc1. The van der Waals surface area contributed by atoms with Gasteiger partial charge in [0.05, 0.1) is 17.6 Å². The summed E-state index contributed by atoms with van der Waals surface area (Å²) in [5.41, 5.74) is 5.77. The molecule has 0 unspecified atom stereocenters. The second-order valence-electron chi connectivity index (χ2n) is 3.60. The summed E-state index contributed by atoms with van der Waals surface area (Å²) < 4.78 is 18.7. The van der Waals surface area contributed by atoms with Crippen molar-refractivity contribution < 1.29 is 19.0 Å². The van der Waals surface area contributed by atoms with Gasteiger partial charge in [0.25, 0.3) is 0 Å². The first-order valence-electron chi connectivity index (χ1n) is 5.23. The van der Waals surface area contributed by atoms with Crippen LogP contribution in [-0.4, -0.2) is 16.2 Å². The molecule has 0 aliphatic carbocycles. The Labute approximate surface area is 107 Å². The first-order chi connectivity index (χ1) is 9.04. The maximum absolute atomic E-state index is 13.3. The smallest absolute Gasteiger partial charge is 0.409 e. The van der Waals surface area contributed by atoms with Gasteiger partial charge in [0.2, 0.25) is 5.88 Å². The third-order valence-electron chi connectivity index (χ3n) is 2.16. The number of nitrogen functional groups attached to an aromatic ring is 1. The highest BCUT2D eigenvalue weighted by Gasteiger charge is 2.08. The number of benzene rings is 1. The second-order valence-corrected chi connectivity index (χ2v) is 3.60. The van der Waals surface area contributed by atoms with Gasteiger partial charge in [-0.25, -0.2) is 14.2 Å². The van der Waals surface area contributed by atoms with E-state index in [-0.39, 0.29) is 17.3 Å². The minimum Gasteiger partial charge on any atom is -0.465 e. The molecule has 2 aromatic rings. The van der Waals surface area contributed by atoms with Crippen molar-refractivity contribution in [3.8, 4) is 11.6 Å². The Bertz CT molecular complexity index is 602. The number of rotatable bonds is 3. The number of pyridine rings is 1. The van der Waals surface area contributed by atoms with Gasteiger partial charge in [0.1, 0.15) is 11.6 Å². The Balaban J connectivity index is 2.21. The molecule has 0 saturated heterocycles. The number of carboxylic acid groups (broad SMARTS) is 1. The zero-order valence-corrected chi connectivity index (χ0v) is 9.63. The summed E-state index contributed by atoms with van der Waals surface area (Å²) in [6.45, 7) is 0. The summed E-state index contributed by atoms with van der Waals surface area (Å²) in [6.07, 6.45) is 0.0524. The van der Waals surface area contributed by atoms with E-state index < -0.39 is 11.9 Å². The minimum absolute atomic E-state index is 0.194. The lowest BCUT2D eigenvalue weighted by Gasteiger charge is -2.07. The van der Waals surface area contributed by atoms with Gasteiger partial charge >= 0.3 is 6.09 Å². The Kier molecular flexibility index (Phi) is 3.46. The van der Waals surface area contributed by atoms with Crippen LogP contribution < -0.4 is 15.8 Å². The fourth-order valence-electron chi connectivity index (χ4n) is 1.35. The molecule has 0 bridgehead atoms. The predicted molar refractivity (Wildman–Crippen MR) is 66.8 cm³/mol. The van der Waals surface area contributed by atoms with Gasteiger partial charge in [0, 0.05) is 12.1 Å². The zero-order valence-electron chi connectivity index (χ0n) is 9.63. The highest BCUT2D eigenvalue weighted by atomic mass is 19.1. The number of anilines is 2. The van der Waals surface area contributed by atoms with Gasteiger partial charge in [-0.1, -0.05) is 0 Å². The Hall–Kier alpha value is -2.83. The van der Waals surface area contributed by atoms with Crippen molar-refractivity contribution >= 4 is 17.5 Å². The molecule has 1 aromatic carbocycles. The quantitative estimate of drug-likeness (QED) is 0.790. The predicted octanol–water partition coefficient (Wildman–Crippen LogP) is 2.69. The molecule has 0 aliphatic rings. The standard InChI is InChI=1S/C12H10FN3O3/c13-9-3-2-8(5-10(9)16-12(17)18)19-11-4-1-7(14)6-15-11/h1-6,16H,14H2,(H,17,18). The van der Waals surface area contributed by atoms with Crippen LogP contribution in [0.1, 0.15) is 0 Å². The van der Waals surface area contributed by atoms with Crippen LogP contribution in [-0.2, 0) is 0 Å². The number of hydrogen-bond acceptors (Lipinski definition) is 4. The van der Waals surface area contributed by atoms with E-state index in [2.05, 4.69) is 4.98 Å². The molecule has 7 heteroatoms. The van der Waals surface area contributed by atoms with Crippen molar-refractivity contribution in [2.45, 2.75) is 0 Å². The lowest BCUT2D eigenvalue weighted by atomic mass is 10.3. The fraction of sp³-hybridized carbons (Fsp3) is 0. The molecule has 6 nitrogen and oxygen atoms in total. The topological polar surface area (TPSA) is 97.5 Å². The van der Waals surface area contributed by atoms with Crippen molar-refractivity contribution in [1.29, 1.82) is 0 Å². The van der Waals surface area contributed by atoms with Crippen LogP contribution in [0.2, 0.25) is 0 Å². The highest BCUT2D eigenvalue weighted by Crippen LogP contribution is 2.25. The Morgan fingerprint density at radius 1 is 1.37 bits per heavy atom. The van der Waals surface area contributed by atoms with Gasteiger partial charge in [-0.3, -0.25) is 5.32 Å². The number of aromatic nitrogens is 1. The lowest BCUT2D eigenvalue weighted by Crippen LogP contribution is -2.08. The van der Waals surface area contributed by atoms with E-state index in [1.165, 1.54) is 18.3 Å². The van der Waals surface area contributed by atoms with E-state index in [0.29, 0.717) is 5.69 Å². The van der Waals surface area contributed by atoms with E-state index in [0.717, 1.165) is 6.07 Å². The van der Waals surface area contributed by atoms with Crippen LogP contribution in [0.3, 0.4) is 0 Å². The highest BCUT2D eigenvalue weighted by molar-refractivity contribution is 5.83. The summed E-state index contributed by atoms with van der Waals surface area (Å²) in [5.74, 6) is -0.176. The number of amides is 1. The van der Waals surface area contributed by atoms with E-state index in [9.17, 15) is 9.18 Å². The largest absolute Gasteiger partial charge is 0.465 e. The molecule has 0 aliphatic heterocycles. The molecular weight excluding hydrogens is 253 g/mol. The maximum Gasteiger partial charge on any atom is 0.409 e. The van der Waals surface area contributed by atoms with Gasteiger partial charge in [-0.05, 0) is 18.2 Å². The molecule has 2 rings (SSSR count). The number of nitrogens with two attached hydrogens (primary N) is 1. The molecule has 98 valence electrons. The van der Waals surface area contributed by atoms with Crippen molar-refractivity contribution in [1.82, 2.24) is 4.98 Å². The van der Waals surface area contributed by atoms with Crippen molar-refractivity contribution in [3.05, 3.63) is 42.3 Å². The van der Waals surface area contributed by atoms with Gasteiger partial charge in [-0.15, -0.1) is 0 Å². The van der Waals surface area contributed by atoms with Crippen LogP contribution >= 0.6 is 0 Å². The summed E-state index contributed by atoms with van der Waals surface area (Å²) >= 11 is 0. The molecule has 0 fully saturated rings. The van der Waals surface area contributed by atoms with Gasteiger partial charge in [-0.2, -0.15) is 0 Å². The molecule has 1 amide bonds. The maximum atomic E-state index is 13.3. The summed E-state index contributed by atoms with van der Waals surface area (Å²) in [4.78, 5) is 14.4. The molecule has 19 heavy (non-hydrogen) atoms. The number of hydrogen-bond donors (Lipinski definition) is 3. The van der Waals surface area contributed by atoms with Crippen LogP contribution in [0.25, 0.3) is 0 Å². The molecule has 1 heterocycles. The number of carbonyl (C=O) groups is 1. The summed E-state index contributed by atoms with van der Waals surface area (Å²) in [5, 5.41) is 10.5. The zero-order chi connectivity index (χ0) is 13.8. The molecule has 0 spiro atoms. The van der Waals surface area contributed by atoms with E-state index >= 15 is 0 Å². The van der Waals surface area contributed by atoms with Crippen molar-refractivity contribution in [2.75, 3.05) is 11.1 Å². The second kappa shape index (κ2) is 5.21. The molecule has 4 N–H and O–H groups in total. The summed E-state index contributed by atoms with van der Waals surface area (Å²) in [6, 6.07) is 6.82. The number of halogens is 1. The van der Waals surface area contributed by atoms with Crippen LogP contribution in [0.15, 0.2) is 36.5 Å². The summed E-state index contributed by atoms with van der Waals surface area (Å²) in [7, 11) is 0. The van der Waals surface area contributed by atoms with E-state index in [1.54, 1.807) is 12.1 Å². The van der Waals surface area contributed by atoms with Gasteiger partial charge in [0.15, 0.2) is 0 Å². The average Bonchev–Trinajstić information content (AvgIpc) is 2.36. The van der Waals surface area contributed by atoms with Crippen LogP contribution in [0.5, 0.6) is 11.6 Å². The Morgan fingerprint density at radius 2 is 2.16 bits per heavy atom. The molecular formula is C12H10FN3O3. The molecule has 0 atom stereocenters. The Morgan fingerprint density at radius 3 is 2.79 bits per heavy atom. The number of ether oxygens (including phenoxy) is 1. The average molecular weight is 263 g/mol. The monoisotopic (exact) mass is 263 g/mol.